The Morgan fingerprint density at radius 2 is 2.50 bits per heavy atom. The Bertz CT molecular complexity index is 245. The molecule has 0 aliphatic rings. The summed E-state index contributed by atoms with van der Waals surface area (Å²) in [5.74, 6) is -0.961. The van der Waals surface area contributed by atoms with Gasteiger partial charge in [0.05, 0.1) is 12.5 Å². The van der Waals surface area contributed by atoms with Crippen LogP contribution in [0.3, 0.4) is 0 Å². The highest BCUT2D eigenvalue weighted by Gasteiger charge is 2.10. The van der Waals surface area contributed by atoms with Crippen molar-refractivity contribution in [2.75, 3.05) is 7.11 Å². The monoisotopic (exact) mass is 158 g/mol. The fourth-order valence-corrected chi connectivity index (χ4v) is 1.03. The van der Waals surface area contributed by atoms with Crippen molar-refractivity contribution in [1.82, 2.24) is 4.98 Å². The number of carbonyl (C=O) groups excluding carboxylic acids is 1. The second kappa shape index (κ2) is 2.66. The molecule has 0 saturated heterocycles. The van der Waals surface area contributed by atoms with Crippen LogP contribution in [0, 0.1) is 0 Å². The number of hydrogen-bond donors (Lipinski definition) is 0. The van der Waals surface area contributed by atoms with Crippen molar-refractivity contribution in [2.24, 2.45) is 0 Å². The Labute approximate surface area is 61.1 Å². The molecule has 4 nitrogen and oxygen atoms in total. The highest BCUT2D eigenvalue weighted by atomic mass is 32.1. The molecule has 5 heteroatoms. The van der Waals surface area contributed by atoms with E-state index in [-0.39, 0.29) is 5.01 Å². The van der Waals surface area contributed by atoms with Crippen LogP contribution in [0.25, 0.3) is 0 Å². The maximum Gasteiger partial charge on any atom is 0.367 e. The van der Waals surface area contributed by atoms with Gasteiger partial charge in [0.1, 0.15) is 0 Å². The van der Waals surface area contributed by atoms with Crippen LogP contribution in [-0.2, 0) is 9.84 Å². The summed E-state index contributed by atoms with van der Waals surface area (Å²) in [7, 11) is 1.24. The Morgan fingerprint density at radius 3 is 2.90 bits per heavy atom. The zero-order chi connectivity index (χ0) is 7.56. The second-order valence-electron chi connectivity index (χ2n) is 1.48. The lowest BCUT2D eigenvalue weighted by molar-refractivity contribution is 0.0599. The lowest BCUT2D eigenvalue weighted by Crippen LogP contribution is -1.99. The van der Waals surface area contributed by atoms with E-state index in [0.29, 0.717) is 0 Å². The van der Waals surface area contributed by atoms with E-state index in [1.165, 1.54) is 12.5 Å². The average molecular weight is 158 g/mol. The molecular weight excluding hydrogens is 154 g/mol. The van der Waals surface area contributed by atoms with Crippen LogP contribution in [0.1, 0.15) is 9.80 Å². The van der Waals surface area contributed by atoms with Crippen molar-refractivity contribution < 1.29 is 14.6 Å². The lowest BCUT2D eigenvalue weighted by atomic mass is 10.7. The fourth-order valence-electron chi connectivity index (χ4n) is 0.440. The van der Waals surface area contributed by atoms with E-state index in [4.69, 9.17) is 0 Å². The molecule has 0 aliphatic carbocycles. The first kappa shape index (κ1) is 7.01. The fraction of sp³-hybridized carbons (Fsp3) is 0.200. The van der Waals surface area contributed by atoms with Crippen molar-refractivity contribution in [2.45, 2.75) is 0 Å². The minimum Gasteiger partial charge on any atom is -0.464 e. The molecule has 0 spiro atoms. The third kappa shape index (κ3) is 1.24. The molecule has 1 aromatic rings. The van der Waals surface area contributed by atoms with Gasteiger partial charge in [-0.2, -0.15) is 4.98 Å². The van der Waals surface area contributed by atoms with Crippen LogP contribution >= 0.6 is 11.3 Å². The summed E-state index contributed by atoms with van der Waals surface area (Å²) in [5.41, 5.74) is 0. The van der Waals surface area contributed by atoms with E-state index in [2.05, 4.69) is 9.72 Å². The molecule has 10 heavy (non-hydrogen) atoms. The highest BCUT2D eigenvalue weighted by Crippen LogP contribution is 2.15. The number of hydrogen-bond acceptors (Lipinski definition) is 4. The highest BCUT2D eigenvalue weighted by molar-refractivity contribution is 7.11. The first-order valence-electron chi connectivity index (χ1n) is 2.45. The molecule has 1 rings (SSSR count). The quantitative estimate of drug-likeness (QED) is 0.574. The summed E-state index contributed by atoms with van der Waals surface area (Å²) in [6, 6.07) is 0. The van der Waals surface area contributed by atoms with E-state index in [0.717, 1.165) is 11.3 Å². The number of thiazole rings is 1. The first-order chi connectivity index (χ1) is 4.74. The predicted molar refractivity (Wildman–Crippen MR) is 33.6 cm³/mol. The lowest BCUT2D eigenvalue weighted by Gasteiger charge is -1.88. The number of nitrogens with zero attached hydrogens (tertiary/aromatic N) is 1. The molecule has 0 bridgehead atoms. The maximum absolute atomic E-state index is 10.6. The van der Waals surface area contributed by atoms with Gasteiger partial charge in [-0.25, -0.2) is 4.79 Å². The van der Waals surface area contributed by atoms with Crippen LogP contribution in [-0.4, -0.2) is 18.1 Å². The molecule has 0 aliphatic heterocycles. The average Bonchev–Trinajstić information content (AvgIpc) is 2.34. The summed E-state index contributed by atoms with van der Waals surface area (Å²) < 4.78 is 4.32. The van der Waals surface area contributed by atoms with Crippen LogP contribution < -0.4 is 0 Å². The van der Waals surface area contributed by atoms with E-state index >= 15 is 0 Å². The van der Waals surface area contributed by atoms with Crippen LogP contribution in [0.2, 0.25) is 0 Å². The van der Waals surface area contributed by atoms with Gasteiger partial charge >= 0.3 is 5.97 Å². The van der Waals surface area contributed by atoms with Gasteiger partial charge in [-0.1, -0.05) is 0 Å². The molecule has 1 heterocycles. The molecule has 53 valence electrons. The molecule has 1 aromatic heterocycles. The largest absolute Gasteiger partial charge is 0.464 e. The van der Waals surface area contributed by atoms with Gasteiger partial charge < -0.3 is 4.74 Å². The summed E-state index contributed by atoms with van der Waals surface area (Å²) in [5, 5.41) is 11.8. The third-order valence-electron chi connectivity index (χ3n) is 0.843. The van der Waals surface area contributed by atoms with E-state index in [9.17, 15) is 9.90 Å². The van der Waals surface area contributed by atoms with E-state index < -0.39 is 11.8 Å². The number of methoxy groups -OCH3 is 1. The molecule has 0 N–H and O–H groups in total. The molecule has 0 atom stereocenters. The number of aromatic nitrogens is 1. The van der Waals surface area contributed by atoms with Gasteiger partial charge in [-0.3, -0.25) is 5.11 Å². The van der Waals surface area contributed by atoms with Crippen molar-refractivity contribution in [3.05, 3.63) is 10.4 Å². The normalized spacial score (nSPS) is 9.30. The number of ether oxygens (including phenoxy) is 1. The van der Waals surface area contributed by atoms with E-state index in [1.54, 1.807) is 0 Å². The molecule has 0 amide bonds. The Hall–Kier alpha value is -1.10. The molecule has 0 fully saturated rings. The summed E-state index contributed by atoms with van der Waals surface area (Å²) >= 11 is 0.984. The Morgan fingerprint density at radius 1 is 1.80 bits per heavy atom. The first-order valence-corrected chi connectivity index (χ1v) is 3.33. The smallest absolute Gasteiger partial charge is 0.367 e. The zero-order valence-corrected chi connectivity index (χ0v) is 5.97. The van der Waals surface area contributed by atoms with Gasteiger partial charge in [0.2, 0.25) is 5.01 Å². The summed E-state index contributed by atoms with van der Waals surface area (Å²) in [6.07, 6.45) is 0. The minimum atomic E-state index is -0.563. The topological polar surface area (TPSA) is 59.1 Å². The summed E-state index contributed by atoms with van der Waals surface area (Å²) in [4.78, 5) is 14.0. The van der Waals surface area contributed by atoms with Crippen LogP contribution in [0.15, 0.2) is 5.38 Å². The van der Waals surface area contributed by atoms with Crippen LogP contribution in [0.4, 0.5) is 0 Å². The number of carbonyl (C=O) groups is 1. The number of esters is 1. The van der Waals surface area contributed by atoms with Crippen molar-refractivity contribution >= 4 is 17.3 Å². The number of rotatable bonds is 1. The molecule has 0 saturated carbocycles. The van der Waals surface area contributed by atoms with Crippen molar-refractivity contribution in [3.63, 3.8) is 0 Å². The van der Waals surface area contributed by atoms with Crippen molar-refractivity contribution in [1.29, 1.82) is 0 Å². The molecule has 0 aromatic carbocycles. The van der Waals surface area contributed by atoms with Crippen LogP contribution in [0.5, 0.6) is 5.88 Å². The van der Waals surface area contributed by atoms with Crippen molar-refractivity contribution in [3.8, 4) is 5.88 Å². The van der Waals surface area contributed by atoms with E-state index in [1.807, 2.05) is 0 Å². The zero-order valence-electron chi connectivity index (χ0n) is 5.16. The SMILES string of the molecule is COC(=O)c1nc([O])cs1. The molecule has 0 unspecified atom stereocenters. The minimum absolute atomic E-state index is 0.104. The molecule has 1 radical (unpaired) electrons. The summed E-state index contributed by atoms with van der Waals surface area (Å²) in [6.45, 7) is 0. The second-order valence-corrected chi connectivity index (χ2v) is 2.34. The maximum atomic E-state index is 10.6. The molecular formula is C5H4NO3S. The van der Waals surface area contributed by atoms with Gasteiger partial charge in [-0.05, 0) is 0 Å². The van der Waals surface area contributed by atoms with Gasteiger partial charge in [0.15, 0.2) is 0 Å². The van der Waals surface area contributed by atoms with Gasteiger partial charge in [0.25, 0.3) is 5.88 Å². The standard InChI is InChI=1S/C5H4NO3S/c1-9-5(8)4-6-3(7)2-10-4/h2H,1H3. The third-order valence-corrected chi connectivity index (χ3v) is 1.64. The van der Waals surface area contributed by atoms with Gasteiger partial charge in [-0.15, -0.1) is 11.3 Å². The Kier molecular flexibility index (Phi) is 1.86. The Balaban J connectivity index is 2.85. The predicted octanol–water partition coefficient (Wildman–Crippen LogP) is 1.07. The van der Waals surface area contributed by atoms with Gasteiger partial charge in [0, 0.05) is 0 Å².